The molecule has 1 rings (SSSR count). The van der Waals surface area contributed by atoms with Gasteiger partial charge in [-0.25, -0.2) is 0 Å². The molecule has 0 aromatic carbocycles. The van der Waals surface area contributed by atoms with Gasteiger partial charge in [0.1, 0.15) is 0 Å². The van der Waals surface area contributed by atoms with Crippen LogP contribution in [0, 0.1) is 0 Å². The van der Waals surface area contributed by atoms with Crippen LogP contribution in [0.1, 0.15) is 6.42 Å². The van der Waals surface area contributed by atoms with Gasteiger partial charge in [0.15, 0.2) is 0 Å². The predicted molar refractivity (Wildman–Crippen MR) is 51.7 cm³/mol. The summed E-state index contributed by atoms with van der Waals surface area (Å²) in [5.41, 5.74) is 0. The predicted octanol–water partition coefficient (Wildman–Crippen LogP) is 2.67. The van der Waals surface area contributed by atoms with Crippen molar-refractivity contribution in [3.05, 3.63) is 12.2 Å². The summed E-state index contributed by atoms with van der Waals surface area (Å²) in [6.45, 7) is 8.16. The molecule has 0 aromatic rings. The van der Waals surface area contributed by atoms with Crippen LogP contribution in [-0.2, 0) is 4.74 Å². The molecular formula is C9H18OSi. The second kappa shape index (κ2) is 3.54. The first kappa shape index (κ1) is 9.01. The zero-order valence-corrected chi connectivity index (χ0v) is 8.76. The van der Waals surface area contributed by atoms with Gasteiger partial charge in [0.2, 0.25) is 0 Å². The Morgan fingerprint density at radius 1 is 1.36 bits per heavy atom. The maximum absolute atomic E-state index is 5.10. The summed E-state index contributed by atoms with van der Waals surface area (Å²) in [4.78, 5) is 0. The quantitative estimate of drug-likeness (QED) is 0.359. The van der Waals surface area contributed by atoms with Crippen molar-refractivity contribution >= 4 is 8.07 Å². The molecular weight excluding hydrogens is 152 g/mol. The molecule has 0 saturated carbocycles. The average molecular weight is 170 g/mol. The highest BCUT2D eigenvalue weighted by Crippen LogP contribution is 2.15. The van der Waals surface area contributed by atoms with E-state index in [-0.39, 0.29) is 0 Å². The molecule has 0 aromatic heterocycles. The van der Waals surface area contributed by atoms with E-state index in [2.05, 4.69) is 31.8 Å². The fourth-order valence-electron chi connectivity index (χ4n) is 0.889. The summed E-state index contributed by atoms with van der Waals surface area (Å²) in [5.74, 6) is 0. The minimum absolute atomic E-state index is 0.563. The van der Waals surface area contributed by atoms with Crippen LogP contribution in [0.25, 0.3) is 0 Å². The van der Waals surface area contributed by atoms with Gasteiger partial charge in [0.25, 0.3) is 0 Å². The molecule has 0 N–H and O–H groups in total. The molecule has 0 aliphatic carbocycles. The largest absolute Gasteiger partial charge is 0.373 e. The maximum atomic E-state index is 5.10. The van der Waals surface area contributed by atoms with Gasteiger partial charge in [-0.15, -0.1) is 0 Å². The fourth-order valence-corrected chi connectivity index (χ4v) is 1.76. The number of hydrogen-bond acceptors (Lipinski definition) is 1. The van der Waals surface area contributed by atoms with E-state index in [4.69, 9.17) is 4.74 Å². The minimum Gasteiger partial charge on any atom is -0.373 e. The van der Waals surface area contributed by atoms with Gasteiger partial charge in [-0.1, -0.05) is 31.8 Å². The van der Waals surface area contributed by atoms with E-state index in [0.29, 0.717) is 6.10 Å². The van der Waals surface area contributed by atoms with Crippen molar-refractivity contribution in [3.63, 3.8) is 0 Å². The van der Waals surface area contributed by atoms with Crippen molar-refractivity contribution in [2.75, 3.05) is 6.61 Å². The van der Waals surface area contributed by atoms with Gasteiger partial charge >= 0.3 is 0 Å². The van der Waals surface area contributed by atoms with E-state index in [1.54, 1.807) is 0 Å². The molecule has 1 saturated heterocycles. The zero-order valence-electron chi connectivity index (χ0n) is 7.76. The Balaban J connectivity index is 2.04. The number of epoxide rings is 1. The molecule has 1 atom stereocenters. The molecule has 1 nitrogen and oxygen atoms in total. The minimum atomic E-state index is -0.836. The Morgan fingerprint density at radius 3 is 2.45 bits per heavy atom. The standard InChI is InChI=1S/C9H18OSi/c1-11(2,3)7-5-4-6-9-8-10-9/h4-5,9H,6-8H2,1-3H3/b5-4-/t9-/m0/s1. The SMILES string of the molecule is C[Si](C)(C)C/C=C\C[C@H]1CO1. The lowest BCUT2D eigenvalue weighted by molar-refractivity contribution is 0.410. The monoisotopic (exact) mass is 170 g/mol. The summed E-state index contributed by atoms with van der Waals surface area (Å²) in [5, 5.41) is 0. The molecule has 11 heavy (non-hydrogen) atoms. The second-order valence-electron chi connectivity index (χ2n) is 4.43. The molecule has 0 spiro atoms. The van der Waals surface area contributed by atoms with Gasteiger partial charge in [-0.2, -0.15) is 0 Å². The van der Waals surface area contributed by atoms with Crippen LogP contribution in [-0.4, -0.2) is 20.8 Å². The van der Waals surface area contributed by atoms with Crippen LogP contribution in [0.3, 0.4) is 0 Å². The normalized spacial score (nSPS) is 24.5. The van der Waals surface area contributed by atoms with Gasteiger partial charge in [0, 0.05) is 8.07 Å². The average Bonchev–Trinajstić information content (AvgIpc) is 2.60. The molecule has 0 radical (unpaired) electrons. The summed E-state index contributed by atoms with van der Waals surface area (Å²) in [6, 6.07) is 1.31. The number of ether oxygens (including phenoxy) is 1. The van der Waals surface area contributed by atoms with Gasteiger partial charge in [0.05, 0.1) is 12.7 Å². The van der Waals surface area contributed by atoms with E-state index in [1.807, 2.05) is 0 Å². The van der Waals surface area contributed by atoms with Crippen LogP contribution < -0.4 is 0 Å². The lowest BCUT2D eigenvalue weighted by atomic mass is 10.3. The number of rotatable bonds is 4. The molecule has 0 amide bonds. The highest BCUT2D eigenvalue weighted by molar-refractivity contribution is 6.76. The fraction of sp³-hybridized carbons (Fsp3) is 0.778. The van der Waals surface area contributed by atoms with E-state index in [1.165, 1.54) is 6.04 Å². The highest BCUT2D eigenvalue weighted by Gasteiger charge is 2.20. The van der Waals surface area contributed by atoms with E-state index in [0.717, 1.165) is 13.0 Å². The second-order valence-corrected chi connectivity index (χ2v) is 9.96. The Kier molecular flexibility index (Phi) is 2.90. The Hall–Kier alpha value is -0.0831. The smallest absolute Gasteiger partial charge is 0.0844 e. The number of allylic oxidation sites excluding steroid dienone is 1. The molecule has 1 aliphatic rings. The third-order valence-electron chi connectivity index (χ3n) is 1.70. The molecule has 1 aliphatic heterocycles. The van der Waals surface area contributed by atoms with Crippen molar-refractivity contribution < 1.29 is 4.74 Å². The topological polar surface area (TPSA) is 12.5 Å². The summed E-state index contributed by atoms with van der Waals surface area (Å²) in [6.07, 6.45) is 6.29. The molecule has 0 bridgehead atoms. The lowest BCUT2D eigenvalue weighted by Crippen LogP contribution is -2.17. The van der Waals surface area contributed by atoms with Gasteiger partial charge in [-0.3, -0.25) is 0 Å². The third-order valence-corrected chi connectivity index (χ3v) is 3.16. The Morgan fingerprint density at radius 2 is 2.00 bits per heavy atom. The summed E-state index contributed by atoms with van der Waals surface area (Å²) in [7, 11) is -0.836. The van der Waals surface area contributed by atoms with Crippen LogP contribution in [0.4, 0.5) is 0 Å². The van der Waals surface area contributed by atoms with E-state index >= 15 is 0 Å². The molecule has 1 fully saturated rings. The van der Waals surface area contributed by atoms with Crippen molar-refractivity contribution in [3.8, 4) is 0 Å². The first-order chi connectivity index (χ1) is 5.08. The summed E-state index contributed by atoms with van der Waals surface area (Å²) < 4.78 is 5.10. The Labute approximate surface area is 70.5 Å². The number of hydrogen-bond donors (Lipinski definition) is 0. The van der Waals surface area contributed by atoms with Crippen LogP contribution in [0.15, 0.2) is 12.2 Å². The lowest BCUT2D eigenvalue weighted by Gasteiger charge is -2.11. The van der Waals surface area contributed by atoms with Crippen LogP contribution in [0.5, 0.6) is 0 Å². The van der Waals surface area contributed by atoms with Crippen molar-refractivity contribution in [1.29, 1.82) is 0 Å². The molecule has 2 heteroatoms. The van der Waals surface area contributed by atoms with E-state index in [9.17, 15) is 0 Å². The van der Waals surface area contributed by atoms with Gasteiger partial charge < -0.3 is 4.74 Å². The van der Waals surface area contributed by atoms with E-state index < -0.39 is 8.07 Å². The first-order valence-corrected chi connectivity index (χ1v) is 8.05. The first-order valence-electron chi connectivity index (χ1n) is 4.34. The van der Waals surface area contributed by atoms with Crippen molar-refractivity contribution in [1.82, 2.24) is 0 Å². The highest BCUT2D eigenvalue weighted by atomic mass is 28.3. The van der Waals surface area contributed by atoms with Crippen LogP contribution >= 0.6 is 0 Å². The van der Waals surface area contributed by atoms with Gasteiger partial charge in [-0.05, 0) is 12.5 Å². The Bertz CT molecular complexity index is 142. The zero-order chi connectivity index (χ0) is 8.32. The maximum Gasteiger partial charge on any atom is 0.0844 e. The van der Waals surface area contributed by atoms with Crippen LogP contribution in [0.2, 0.25) is 25.7 Å². The summed E-state index contributed by atoms with van der Waals surface area (Å²) >= 11 is 0. The molecule has 64 valence electrons. The molecule has 1 heterocycles. The molecule has 0 unspecified atom stereocenters. The van der Waals surface area contributed by atoms with Crippen molar-refractivity contribution in [2.45, 2.75) is 38.2 Å². The van der Waals surface area contributed by atoms with Crippen molar-refractivity contribution in [2.24, 2.45) is 0 Å². The third kappa shape index (κ3) is 5.22.